The Bertz CT molecular complexity index is 2020. The monoisotopic (exact) mass is 712 g/mol. The normalized spacial score (nSPS) is 14.7. The number of methoxy groups -OCH3 is 1. The highest BCUT2D eigenvalue weighted by Gasteiger charge is 2.57. The Balaban J connectivity index is 1.57. The van der Waals surface area contributed by atoms with Crippen LogP contribution in [0.2, 0.25) is 0 Å². The molecule has 270 valence electrons. The van der Waals surface area contributed by atoms with Gasteiger partial charge in [-0.15, -0.1) is 0 Å². The van der Waals surface area contributed by atoms with Gasteiger partial charge in [0, 0.05) is 27.8 Å². The number of pyridine rings is 2. The zero-order chi connectivity index (χ0) is 37.5. The maximum absolute atomic E-state index is 15.0. The molecule has 3 heterocycles. The summed E-state index contributed by atoms with van der Waals surface area (Å²) in [5.41, 5.74) is 0.576. The largest absolute Gasteiger partial charge is 0.494 e. The molecule has 0 bridgehead atoms. The number of aliphatic hydroxyl groups is 1. The lowest BCUT2D eigenvalue weighted by atomic mass is 9.81. The van der Waals surface area contributed by atoms with Gasteiger partial charge < -0.3 is 36.3 Å². The molecule has 1 unspecified atom stereocenters. The molecular weight excluding hydrogens is 676 g/mol. The number of anilines is 1. The standard InChI is InChI=1S/C35H36F4N6O6/c1-17-10-20-11-21(12-25(27(20)42-18(17)2)44-32(48)43-23-14-51-15-23)30(46)41-16-34(49,35(37,38)39)26-13-24(33(3,4)31(40)47)29(50-5)28(45-26)19-6-8-22(36)9-7-19/h6-13,23,49H,14-16H2,1-5H3,(H2,40,47)(H,41,46)(H2,43,44,48). The molecule has 4 aromatic rings. The van der Waals surface area contributed by atoms with Crippen LogP contribution in [0.15, 0.2) is 48.5 Å². The second kappa shape index (κ2) is 13.8. The molecule has 12 nitrogen and oxygen atoms in total. The Kier molecular flexibility index (Phi) is 9.96. The topological polar surface area (TPSA) is 178 Å². The number of hydrogen-bond acceptors (Lipinski definition) is 8. The van der Waals surface area contributed by atoms with Crippen LogP contribution in [0.4, 0.5) is 28.0 Å². The smallest absolute Gasteiger partial charge is 0.424 e. The zero-order valence-corrected chi connectivity index (χ0v) is 28.3. The van der Waals surface area contributed by atoms with Crippen molar-refractivity contribution in [2.45, 2.75) is 50.9 Å². The number of nitrogens with one attached hydrogen (secondary N) is 3. The van der Waals surface area contributed by atoms with E-state index in [-0.39, 0.29) is 39.9 Å². The van der Waals surface area contributed by atoms with E-state index in [2.05, 4.69) is 25.9 Å². The van der Waals surface area contributed by atoms with Gasteiger partial charge in [0.1, 0.15) is 17.3 Å². The van der Waals surface area contributed by atoms with Gasteiger partial charge in [0.2, 0.25) is 11.5 Å². The highest BCUT2D eigenvalue weighted by atomic mass is 19.4. The number of nitrogens with zero attached hydrogens (tertiary/aromatic N) is 2. The Morgan fingerprint density at radius 3 is 2.27 bits per heavy atom. The second-order valence-electron chi connectivity index (χ2n) is 12.8. The van der Waals surface area contributed by atoms with Crippen LogP contribution < -0.4 is 26.4 Å². The van der Waals surface area contributed by atoms with Crippen molar-refractivity contribution in [1.29, 1.82) is 0 Å². The van der Waals surface area contributed by atoms with Crippen LogP contribution in [-0.4, -0.2) is 72.0 Å². The van der Waals surface area contributed by atoms with Gasteiger partial charge in [-0.25, -0.2) is 14.2 Å². The number of aromatic nitrogens is 2. The summed E-state index contributed by atoms with van der Waals surface area (Å²) in [4.78, 5) is 47.5. The van der Waals surface area contributed by atoms with E-state index in [0.717, 1.165) is 23.8 Å². The Morgan fingerprint density at radius 2 is 1.71 bits per heavy atom. The molecule has 1 fully saturated rings. The Morgan fingerprint density at radius 1 is 1.04 bits per heavy atom. The van der Waals surface area contributed by atoms with Crippen LogP contribution in [0.1, 0.15) is 46.7 Å². The first-order valence-corrected chi connectivity index (χ1v) is 15.7. The van der Waals surface area contributed by atoms with E-state index in [9.17, 15) is 37.1 Å². The Labute approximate surface area is 289 Å². The van der Waals surface area contributed by atoms with E-state index in [4.69, 9.17) is 15.2 Å². The van der Waals surface area contributed by atoms with Crippen LogP contribution >= 0.6 is 0 Å². The predicted octanol–water partition coefficient (Wildman–Crippen LogP) is 4.52. The first-order valence-electron chi connectivity index (χ1n) is 15.7. The van der Waals surface area contributed by atoms with E-state index < -0.39 is 53.1 Å². The molecule has 0 radical (unpaired) electrons. The number of carbonyl (C=O) groups excluding carboxylic acids is 3. The van der Waals surface area contributed by atoms with Crippen LogP contribution in [0.25, 0.3) is 22.2 Å². The number of urea groups is 1. The van der Waals surface area contributed by atoms with Crippen molar-refractivity contribution in [3.63, 3.8) is 0 Å². The number of alkyl halides is 3. The molecule has 0 spiro atoms. The summed E-state index contributed by atoms with van der Waals surface area (Å²) < 4.78 is 69.2. The van der Waals surface area contributed by atoms with Crippen molar-refractivity contribution < 1.29 is 46.5 Å². The number of benzene rings is 2. The number of nitrogens with two attached hydrogens (primary N) is 1. The SMILES string of the molecule is COc1c(C(C)(C)C(N)=O)cc(C(O)(CNC(=O)c2cc(NC(=O)NC3COC3)c3nc(C)c(C)cc3c2)C(F)(F)F)nc1-c1ccc(F)cc1. The number of halogens is 4. The molecule has 4 amide bonds. The molecule has 0 saturated carbocycles. The van der Waals surface area contributed by atoms with Gasteiger partial charge >= 0.3 is 12.2 Å². The van der Waals surface area contributed by atoms with Crippen molar-refractivity contribution in [3.8, 4) is 17.0 Å². The van der Waals surface area contributed by atoms with Gasteiger partial charge in [0.15, 0.2) is 0 Å². The average molecular weight is 713 g/mol. The predicted molar refractivity (Wildman–Crippen MR) is 179 cm³/mol. The van der Waals surface area contributed by atoms with Gasteiger partial charge in [0.25, 0.3) is 5.91 Å². The number of hydrogen-bond donors (Lipinski definition) is 5. The van der Waals surface area contributed by atoms with E-state index in [1.54, 1.807) is 19.9 Å². The van der Waals surface area contributed by atoms with Gasteiger partial charge in [-0.2, -0.15) is 13.2 Å². The fourth-order valence-corrected chi connectivity index (χ4v) is 5.37. The van der Waals surface area contributed by atoms with Crippen LogP contribution in [0.5, 0.6) is 5.75 Å². The molecule has 16 heteroatoms. The molecule has 2 aromatic heterocycles. The quantitative estimate of drug-likeness (QED) is 0.149. The number of carbonyl (C=O) groups is 3. The average Bonchev–Trinajstić information content (AvgIpc) is 3.05. The molecule has 0 aliphatic carbocycles. The maximum atomic E-state index is 15.0. The summed E-state index contributed by atoms with van der Waals surface area (Å²) in [5, 5.41) is 19.4. The summed E-state index contributed by atoms with van der Waals surface area (Å²) in [5.74, 6) is -2.73. The summed E-state index contributed by atoms with van der Waals surface area (Å²) in [7, 11) is 1.21. The highest BCUT2D eigenvalue weighted by molar-refractivity contribution is 6.06. The number of amides is 4. The fraction of sp³-hybridized carbons (Fsp3) is 0.343. The van der Waals surface area contributed by atoms with Gasteiger partial charge in [-0.3, -0.25) is 14.6 Å². The minimum Gasteiger partial charge on any atom is -0.494 e. The maximum Gasteiger partial charge on any atom is 0.424 e. The lowest BCUT2D eigenvalue weighted by Crippen LogP contribution is -2.52. The van der Waals surface area contributed by atoms with E-state index in [1.807, 2.05) is 0 Å². The van der Waals surface area contributed by atoms with Gasteiger partial charge in [-0.05, 0) is 81.8 Å². The molecule has 1 aliphatic rings. The van der Waals surface area contributed by atoms with E-state index in [1.165, 1.54) is 45.2 Å². The molecule has 51 heavy (non-hydrogen) atoms. The summed E-state index contributed by atoms with van der Waals surface area (Å²) in [6, 6.07) is 8.96. The van der Waals surface area contributed by atoms with Crippen molar-refractivity contribution in [2.75, 3.05) is 32.2 Å². The number of aryl methyl sites for hydroxylation is 2. The van der Waals surface area contributed by atoms with Crippen molar-refractivity contribution in [2.24, 2.45) is 5.73 Å². The first-order chi connectivity index (χ1) is 23.8. The fourth-order valence-electron chi connectivity index (χ4n) is 5.37. The second-order valence-corrected chi connectivity index (χ2v) is 12.8. The molecule has 1 aliphatic heterocycles. The third kappa shape index (κ3) is 7.28. The van der Waals surface area contributed by atoms with Gasteiger partial charge in [-0.1, -0.05) is 0 Å². The van der Waals surface area contributed by atoms with E-state index >= 15 is 0 Å². The number of primary amides is 1. The first kappa shape index (κ1) is 36.9. The summed E-state index contributed by atoms with van der Waals surface area (Å²) in [6.45, 7) is 5.46. The highest BCUT2D eigenvalue weighted by Crippen LogP contribution is 2.44. The lowest BCUT2D eigenvalue weighted by Gasteiger charge is -2.33. The number of fused-ring (bicyclic) bond motifs is 1. The zero-order valence-electron chi connectivity index (χ0n) is 28.3. The van der Waals surface area contributed by atoms with Crippen molar-refractivity contribution in [1.82, 2.24) is 20.6 Å². The lowest BCUT2D eigenvalue weighted by molar-refractivity contribution is -0.265. The van der Waals surface area contributed by atoms with E-state index in [0.29, 0.717) is 29.8 Å². The number of rotatable bonds is 10. The molecule has 1 saturated heterocycles. The van der Waals surface area contributed by atoms with Gasteiger partial charge in [0.05, 0.1) is 55.2 Å². The molecule has 2 aromatic carbocycles. The summed E-state index contributed by atoms with van der Waals surface area (Å²) in [6.07, 6.45) is -5.44. The number of ether oxygens (including phenoxy) is 2. The van der Waals surface area contributed by atoms with Crippen LogP contribution in [0.3, 0.4) is 0 Å². The molecular formula is C35H36F4N6O6. The van der Waals surface area contributed by atoms with Crippen LogP contribution in [0, 0.1) is 19.7 Å². The van der Waals surface area contributed by atoms with Crippen molar-refractivity contribution in [3.05, 3.63) is 82.4 Å². The third-order valence-electron chi connectivity index (χ3n) is 8.83. The summed E-state index contributed by atoms with van der Waals surface area (Å²) >= 11 is 0. The van der Waals surface area contributed by atoms with Crippen molar-refractivity contribution >= 4 is 34.4 Å². The Hall–Kier alpha value is -5.35. The van der Waals surface area contributed by atoms with Crippen LogP contribution in [-0.2, 0) is 20.5 Å². The minimum atomic E-state index is -5.44. The molecule has 1 atom stereocenters. The minimum absolute atomic E-state index is 0.106. The molecule has 6 N–H and O–H groups in total. The third-order valence-corrected chi connectivity index (χ3v) is 8.83. The molecule has 5 rings (SSSR count).